The van der Waals surface area contributed by atoms with Gasteiger partial charge in [0, 0.05) is 12.5 Å². The van der Waals surface area contributed by atoms with E-state index in [1.54, 1.807) is 0 Å². The number of hydrogen-bond acceptors (Lipinski definition) is 3. The number of alkyl halides is 1. The summed E-state index contributed by atoms with van der Waals surface area (Å²) >= 11 is 2.42. The molecule has 1 aliphatic heterocycles. The molecule has 4 unspecified atom stereocenters. The van der Waals surface area contributed by atoms with Crippen molar-refractivity contribution in [1.29, 1.82) is 0 Å². The van der Waals surface area contributed by atoms with E-state index in [2.05, 4.69) is 45.7 Å². The van der Waals surface area contributed by atoms with Crippen LogP contribution in [0.25, 0.3) is 0 Å². The van der Waals surface area contributed by atoms with Gasteiger partial charge < -0.3 is 4.74 Å². The van der Waals surface area contributed by atoms with Crippen molar-refractivity contribution in [3.63, 3.8) is 0 Å². The van der Waals surface area contributed by atoms with Crippen LogP contribution in [0.4, 0.5) is 0 Å². The minimum absolute atomic E-state index is 0.201. The predicted molar refractivity (Wildman–Crippen MR) is 121 cm³/mol. The van der Waals surface area contributed by atoms with Gasteiger partial charge in [0.1, 0.15) is 12.3 Å². The van der Waals surface area contributed by atoms with Gasteiger partial charge in [-0.15, -0.1) is 9.24 Å². The smallest absolute Gasteiger partial charge is 0.352 e. The molecule has 0 amide bonds. The standard InChI is InChI=1S/C21H31INO2P/c1-16(10-13-22)18-9-6-11-21(2,26)12-14-23-19(18)20(24)25-15-17-7-4-3-5-8-17/h3-5,7-8,16,18H,6,9-15,26H2,1-2H3/b23-19+. The van der Waals surface area contributed by atoms with Crippen LogP contribution < -0.4 is 0 Å². The topological polar surface area (TPSA) is 38.7 Å². The fourth-order valence-corrected chi connectivity index (χ4v) is 4.79. The predicted octanol–water partition coefficient (Wildman–Crippen LogP) is 5.46. The van der Waals surface area contributed by atoms with Crippen molar-refractivity contribution >= 4 is 43.5 Å². The zero-order valence-electron chi connectivity index (χ0n) is 15.9. The Hall–Kier alpha value is -0.480. The Kier molecular flexibility index (Phi) is 9.02. The highest BCUT2D eigenvalue weighted by Crippen LogP contribution is 2.33. The van der Waals surface area contributed by atoms with Gasteiger partial charge in [0.2, 0.25) is 0 Å². The minimum atomic E-state index is -0.230. The summed E-state index contributed by atoms with van der Waals surface area (Å²) in [7, 11) is 2.99. The van der Waals surface area contributed by atoms with Gasteiger partial charge in [-0.3, -0.25) is 4.99 Å². The molecule has 4 atom stereocenters. The molecule has 0 aliphatic carbocycles. The molecule has 144 valence electrons. The SMILES string of the molecule is CC(CCI)C1CCCC(C)(P)CC/N=C\1C(=O)OCc1ccccc1. The number of esters is 1. The average Bonchev–Trinajstić information content (AvgIpc) is 2.69. The normalized spacial score (nSPS) is 27.4. The number of aliphatic imine (C=N–C) groups is 1. The first-order valence-electron chi connectivity index (χ1n) is 9.53. The number of carbonyl (C=O) groups is 1. The van der Waals surface area contributed by atoms with Crippen LogP contribution in [-0.2, 0) is 16.1 Å². The zero-order valence-corrected chi connectivity index (χ0v) is 19.2. The highest BCUT2D eigenvalue weighted by molar-refractivity contribution is 14.1. The number of carbonyl (C=O) groups excluding carboxylic acids is 1. The first kappa shape index (κ1) is 21.8. The quantitative estimate of drug-likeness (QED) is 0.232. The highest BCUT2D eigenvalue weighted by Gasteiger charge is 2.31. The molecule has 1 aromatic rings. The van der Waals surface area contributed by atoms with Crippen LogP contribution in [-0.4, -0.2) is 27.8 Å². The third kappa shape index (κ3) is 6.92. The van der Waals surface area contributed by atoms with E-state index in [1.165, 1.54) is 0 Å². The highest BCUT2D eigenvalue weighted by atomic mass is 127. The maximum Gasteiger partial charge on any atom is 0.352 e. The molecule has 0 saturated carbocycles. The van der Waals surface area contributed by atoms with Crippen molar-refractivity contribution in [2.45, 2.75) is 57.7 Å². The molecule has 3 nitrogen and oxygen atoms in total. The number of hydrogen-bond donors (Lipinski definition) is 0. The van der Waals surface area contributed by atoms with Crippen LogP contribution >= 0.6 is 31.8 Å². The Morgan fingerprint density at radius 3 is 2.81 bits per heavy atom. The average molecular weight is 487 g/mol. The second kappa shape index (κ2) is 10.8. The fourth-order valence-electron chi connectivity index (χ4n) is 3.48. The monoisotopic (exact) mass is 487 g/mol. The van der Waals surface area contributed by atoms with Gasteiger partial charge in [-0.05, 0) is 46.7 Å². The lowest BCUT2D eigenvalue weighted by atomic mass is 9.83. The third-order valence-corrected chi connectivity index (χ3v) is 6.45. The third-order valence-electron chi connectivity index (χ3n) is 5.25. The van der Waals surface area contributed by atoms with Crippen LogP contribution in [0.2, 0.25) is 0 Å². The lowest BCUT2D eigenvalue weighted by Gasteiger charge is -2.25. The summed E-state index contributed by atoms with van der Waals surface area (Å²) in [6.45, 7) is 5.53. The molecular weight excluding hydrogens is 456 g/mol. The molecule has 0 fully saturated rings. The molecule has 0 N–H and O–H groups in total. The summed E-state index contributed by atoms with van der Waals surface area (Å²) in [6, 6.07) is 9.86. The van der Waals surface area contributed by atoms with Crippen molar-refractivity contribution in [1.82, 2.24) is 0 Å². The Morgan fingerprint density at radius 1 is 1.38 bits per heavy atom. The van der Waals surface area contributed by atoms with Gasteiger partial charge in [-0.1, -0.05) is 73.2 Å². The van der Waals surface area contributed by atoms with E-state index in [-0.39, 0.29) is 17.0 Å². The van der Waals surface area contributed by atoms with E-state index >= 15 is 0 Å². The zero-order chi connectivity index (χ0) is 19.0. The van der Waals surface area contributed by atoms with E-state index in [4.69, 9.17) is 9.73 Å². The largest absolute Gasteiger partial charge is 0.456 e. The second-order valence-corrected chi connectivity index (χ2v) is 10.2. The lowest BCUT2D eigenvalue weighted by molar-refractivity contribution is -0.137. The number of benzene rings is 1. The van der Waals surface area contributed by atoms with E-state index < -0.39 is 0 Å². The molecule has 26 heavy (non-hydrogen) atoms. The van der Waals surface area contributed by atoms with E-state index in [0.29, 0.717) is 24.8 Å². The summed E-state index contributed by atoms with van der Waals surface area (Å²) in [5.41, 5.74) is 1.68. The summed E-state index contributed by atoms with van der Waals surface area (Å²) < 4.78 is 6.74. The van der Waals surface area contributed by atoms with E-state index in [0.717, 1.165) is 42.1 Å². The number of rotatable bonds is 6. The second-order valence-electron chi connectivity index (χ2n) is 7.69. The van der Waals surface area contributed by atoms with Crippen LogP contribution in [0.15, 0.2) is 35.3 Å². The van der Waals surface area contributed by atoms with Crippen LogP contribution in [0.5, 0.6) is 0 Å². The summed E-state index contributed by atoms with van der Waals surface area (Å²) in [5, 5.41) is 0.212. The first-order valence-corrected chi connectivity index (χ1v) is 11.6. The van der Waals surface area contributed by atoms with Gasteiger partial charge >= 0.3 is 5.97 Å². The maximum absolute atomic E-state index is 12.9. The first-order chi connectivity index (χ1) is 12.4. The molecule has 0 saturated heterocycles. The molecular formula is C21H31INO2P. The molecule has 2 rings (SSSR count). The summed E-state index contributed by atoms with van der Waals surface area (Å²) in [4.78, 5) is 17.6. The molecule has 0 spiro atoms. The Morgan fingerprint density at radius 2 is 2.12 bits per heavy atom. The molecule has 1 aliphatic rings. The van der Waals surface area contributed by atoms with Crippen molar-refractivity contribution in [2.75, 3.05) is 11.0 Å². The van der Waals surface area contributed by atoms with Crippen molar-refractivity contribution in [2.24, 2.45) is 16.8 Å². The molecule has 0 radical (unpaired) electrons. The maximum atomic E-state index is 12.9. The fraction of sp³-hybridized carbons (Fsp3) is 0.619. The van der Waals surface area contributed by atoms with Gasteiger partial charge in [-0.25, -0.2) is 4.79 Å². The van der Waals surface area contributed by atoms with E-state index in [9.17, 15) is 4.79 Å². The Bertz CT molecular complexity index is 603. The summed E-state index contributed by atoms with van der Waals surface area (Å²) in [5.74, 6) is 0.419. The van der Waals surface area contributed by atoms with Gasteiger partial charge in [0.05, 0.1) is 0 Å². The number of nitrogens with zero attached hydrogens (tertiary/aromatic N) is 1. The van der Waals surface area contributed by atoms with Crippen LogP contribution in [0, 0.1) is 11.8 Å². The van der Waals surface area contributed by atoms with Crippen LogP contribution in [0.1, 0.15) is 51.5 Å². The van der Waals surface area contributed by atoms with E-state index in [1.807, 2.05) is 30.3 Å². The Labute approximate surface area is 174 Å². The Balaban J connectivity index is 2.14. The van der Waals surface area contributed by atoms with Crippen molar-refractivity contribution in [3.05, 3.63) is 35.9 Å². The molecule has 0 bridgehead atoms. The number of halogens is 1. The molecule has 1 heterocycles. The van der Waals surface area contributed by atoms with Gasteiger partial charge in [-0.2, -0.15) is 0 Å². The number of ether oxygens (including phenoxy) is 1. The molecule has 0 aromatic heterocycles. The molecule has 5 heteroatoms. The van der Waals surface area contributed by atoms with Crippen molar-refractivity contribution < 1.29 is 9.53 Å². The van der Waals surface area contributed by atoms with Crippen molar-refractivity contribution in [3.8, 4) is 0 Å². The van der Waals surface area contributed by atoms with Gasteiger partial charge in [0.15, 0.2) is 0 Å². The lowest BCUT2D eigenvalue weighted by Crippen LogP contribution is -2.31. The molecule has 1 aromatic carbocycles. The van der Waals surface area contributed by atoms with Crippen LogP contribution in [0.3, 0.4) is 0 Å². The summed E-state index contributed by atoms with van der Waals surface area (Å²) in [6.07, 6.45) is 5.39. The minimum Gasteiger partial charge on any atom is -0.456 e. The van der Waals surface area contributed by atoms with Gasteiger partial charge in [0.25, 0.3) is 0 Å².